The summed E-state index contributed by atoms with van der Waals surface area (Å²) >= 11 is 0. The summed E-state index contributed by atoms with van der Waals surface area (Å²) in [4.78, 5) is 2.21. The predicted octanol–water partition coefficient (Wildman–Crippen LogP) is 0.615. The third-order valence-electron chi connectivity index (χ3n) is 3.63. The Labute approximate surface area is 114 Å². The van der Waals surface area contributed by atoms with Crippen molar-refractivity contribution < 1.29 is 9.84 Å². The largest absolute Gasteiger partial charge is 0.395 e. The highest BCUT2D eigenvalue weighted by Crippen LogP contribution is 2.22. The van der Waals surface area contributed by atoms with E-state index in [1.165, 1.54) is 0 Å². The number of ether oxygens (including phenoxy) is 1. The van der Waals surface area contributed by atoms with Crippen molar-refractivity contribution in [2.45, 2.75) is 51.4 Å². The first-order chi connectivity index (χ1) is 8.94. The molecule has 6 nitrogen and oxygen atoms in total. The Morgan fingerprint density at radius 1 is 1.47 bits per heavy atom. The summed E-state index contributed by atoms with van der Waals surface area (Å²) in [5.74, 6) is 0. The standard InChI is InChI=1S/C13H24N4O2/c1-13(2,3)17-7-10(14-15-17)6-16-8-12(19-4)5-11(16)9-18/h7,11-12,18H,5-6,8-9H2,1-4H3/t11-,12+/m0/s1. The second kappa shape index (κ2) is 5.56. The van der Waals surface area contributed by atoms with Crippen LogP contribution in [-0.4, -0.2) is 57.4 Å². The van der Waals surface area contributed by atoms with Crippen molar-refractivity contribution in [3.63, 3.8) is 0 Å². The molecule has 1 aliphatic rings. The number of aliphatic hydroxyl groups excluding tert-OH is 1. The highest BCUT2D eigenvalue weighted by Gasteiger charge is 2.32. The molecule has 6 heteroatoms. The molecule has 0 bridgehead atoms. The quantitative estimate of drug-likeness (QED) is 0.867. The molecule has 0 amide bonds. The van der Waals surface area contributed by atoms with E-state index in [9.17, 15) is 5.11 Å². The zero-order valence-electron chi connectivity index (χ0n) is 12.2. The molecule has 1 aromatic heterocycles. The van der Waals surface area contributed by atoms with Gasteiger partial charge in [0.1, 0.15) is 0 Å². The highest BCUT2D eigenvalue weighted by molar-refractivity contribution is 4.97. The van der Waals surface area contributed by atoms with Gasteiger partial charge in [-0.3, -0.25) is 4.90 Å². The van der Waals surface area contributed by atoms with Gasteiger partial charge in [-0.2, -0.15) is 0 Å². The monoisotopic (exact) mass is 268 g/mol. The Bertz CT molecular complexity index is 413. The van der Waals surface area contributed by atoms with Crippen LogP contribution in [0.3, 0.4) is 0 Å². The summed E-state index contributed by atoms with van der Waals surface area (Å²) in [5.41, 5.74) is 0.881. The molecule has 2 rings (SSSR count). The van der Waals surface area contributed by atoms with E-state index in [2.05, 4.69) is 36.0 Å². The van der Waals surface area contributed by atoms with Crippen LogP contribution in [0.4, 0.5) is 0 Å². The molecule has 1 N–H and O–H groups in total. The van der Waals surface area contributed by atoms with Crippen molar-refractivity contribution in [3.05, 3.63) is 11.9 Å². The smallest absolute Gasteiger partial charge is 0.0967 e. The number of hydrogen-bond acceptors (Lipinski definition) is 5. The molecule has 19 heavy (non-hydrogen) atoms. The van der Waals surface area contributed by atoms with Crippen LogP contribution >= 0.6 is 0 Å². The lowest BCUT2D eigenvalue weighted by atomic mass is 10.1. The lowest BCUT2D eigenvalue weighted by Crippen LogP contribution is -2.32. The van der Waals surface area contributed by atoms with E-state index >= 15 is 0 Å². The summed E-state index contributed by atoms with van der Waals surface area (Å²) in [6.45, 7) is 7.99. The van der Waals surface area contributed by atoms with Crippen molar-refractivity contribution in [1.29, 1.82) is 0 Å². The van der Waals surface area contributed by atoms with Gasteiger partial charge in [-0.05, 0) is 27.2 Å². The van der Waals surface area contributed by atoms with Crippen molar-refractivity contribution in [2.24, 2.45) is 0 Å². The lowest BCUT2D eigenvalue weighted by molar-refractivity contribution is 0.107. The van der Waals surface area contributed by atoms with Crippen molar-refractivity contribution in [1.82, 2.24) is 19.9 Å². The summed E-state index contributed by atoms with van der Waals surface area (Å²) in [6.07, 6.45) is 3.06. The van der Waals surface area contributed by atoms with Gasteiger partial charge >= 0.3 is 0 Å². The van der Waals surface area contributed by atoms with Gasteiger partial charge in [0.05, 0.1) is 30.1 Å². The van der Waals surface area contributed by atoms with Gasteiger partial charge in [-0.1, -0.05) is 5.21 Å². The Hall–Kier alpha value is -0.980. The lowest BCUT2D eigenvalue weighted by Gasteiger charge is -2.21. The second-order valence-corrected chi connectivity index (χ2v) is 6.18. The molecule has 1 saturated heterocycles. The van der Waals surface area contributed by atoms with E-state index in [1.54, 1.807) is 7.11 Å². The Balaban J connectivity index is 2.02. The number of rotatable bonds is 4. The number of likely N-dealkylation sites (tertiary alicyclic amines) is 1. The zero-order chi connectivity index (χ0) is 14.0. The minimum Gasteiger partial charge on any atom is -0.395 e. The van der Waals surface area contributed by atoms with Crippen LogP contribution in [0.1, 0.15) is 32.9 Å². The molecule has 1 aliphatic heterocycles. The summed E-state index contributed by atoms with van der Waals surface area (Å²) in [6, 6.07) is 0.157. The average molecular weight is 268 g/mol. The van der Waals surface area contributed by atoms with Gasteiger partial charge in [-0.15, -0.1) is 5.10 Å². The van der Waals surface area contributed by atoms with Crippen molar-refractivity contribution in [2.75, 3.05) is 20.3 Å². The molecular weight excluding hydrogens is 244 g/mol. The van der Waals surface area contributed by atoms with Crippen LogP contribution in [0.2, 0.25) is 0 Å². The van der Waals surface area contributed by atoms with Crippen molar-refractivity contribution in [3.8, 4) is 0 Å². The number of nitrogens with zero attached hydrogens (tertiary/aromatic N) is 4. The Morgan fingerprint density at radius 2 is 2.21 bits per heavy atom. The van der Waals surface area contributed by atoms with E-state index in [1.807, 2.05) is 10.9 Å². The van der Waals surface area contributed by atoms with Crippen molar-refractivity contribution >= 4 is 0 Å². The zero-order valence-corrected chi connectivity index (χ0v) is 12.2. The van der Waals surface area contributed by atoms with E-state index in [-0.39, 0.29) is 24.3 Å². The Kier molecular flexibility index (Phi) is 4.23. The summed E-state index contributed by atoms with van der Waals surface area (Å²) < 4.78 is 7.25. The van der Waals surface area contributed by atoms with Crippen LogP contribution in [0.5, 0.6) is 0 Å². The van der Waals surface area contributed by atoms with Crippen LogP contribution < -0.4 is 0 Å². The normalized spacial score (nSPS) is 25.1. The van der Waals surface area contributed by atoms with Gasteiger partial charge < -0.3 is 9.84 Å². The third kappa shape index (κ3) is 3.32. The maximum absolute atomic E-state index is 9.42. The molecule has 0 unspecified atom stereocenters. The molecule has 0 aromatic carbocycles. The highest BCUT2D eigenvalue weighted by atomic mass is 16.5. The fourth-order valence-electron chi connectivity index (χ4n) is 2.40. The maximum Gasteiger partial charge on any atom is 0.0967 e. The number of hydrogen-bond donors (Lipinski definition) is 1. The van der Waals surface area contributed by atoms with E-state index in [0.29, 0.717) is 6.54 Å². The molecule has 1 fully saturated rings. The molecule has 0 aliphatic carbocycles. The van der Waals surface area contributed by atoms with E-state index < -0.39 is 0 Å². The van der Waals surface area contributed by atoms with Crippen LogP contribution in [-0.2, 0) is 16.8 Å². The molecule has 2 heterocycles. The number of aliphatic hydroxyl groups is 1. The summed E-state index contributed by atoms with van der Waals surface area (Å²) in [5, 5.41) is 17.8. The first kappa shape index (κ1) is 14.4. The van der Waals surface area contributed by atoms with E-state index in [0.717, 1.165) is 18.7 Å². The van der Waals surface area contributed by atoms with Crippen LogP contribution in [0.15, 0.2) is 6.20 Å². The molecule has 1 aromatic rings. The first-order valence-corrected chi connectivity index (χ1v) is 6.73. The molecule has 0 spiro atoms. The molecule has 0 radical (unpaired) electrons. The van der Waals surface area contributed by atoms with Gasteiger partial charge in [0.15, 0.2) is 0 Å². The first-order valence-electron chi connectivity index (χ1n) is 6.73. The van der Waals surface area contributed by atoms with Gasteiger partial charge in [0.2, 0.25) is 0 Å². The average Bonchev–Trinajstić information content (AvgIpc) is 2.95. The number of methoxy groups -OCH3 is 1. The fourth-order valence-corrected chi connectivity index (χ4v) is 2.40. The molecule has 0 saturated carbocycles. The molecule has 108 valence electrons. The number of aromatic nitrogens is 3. The van der Waals surface area contributed by atoms with Crippen LogP contribution in [0.25, 0.3) is 0 Å². The second-order valence-electron chi connectivity index (χ2n) is 6.18. The maximum atomic E-state index is 9.42. The minimum atomic E-state index is -0.0539. The predicted molar refractivity (Wildman–Crippen MR) is 71.7 cm³/mol. The topological polar surface area (TPSA) is 63.4 Å². The summed E-state index contributed by atoms with van der Waals surface area (Å²) in [7, 11) is 1.72. The minimum absolute atomic E-state index is 0.0539. The van der Waals surface area contributed by atoms with Gasteiger partial charge in [0, 0.05) is 26.2 Å². The van der Waals surface area contributed by atoms with Gasteiger partial charge in [-0.25, -0.2) is 4.68 Å². The van der Waals surface area contributed by atoms with E-state index in [4.69, 9.17) is 4.74 Å². The molecule has 2 atom stereocenters. The van der Waals surface area contributed by atoms with Gasteiger partial charge in [0.25, 0.3) is 0 Å². The third-order valence-corrected chi connectivity index (χ3v) is 3.63. The SMILES string of the molecule is CO[C@@H]1C[C@@H](CO)N(Cc2cn(C(C)(C)C)nn2)C1. The molecular formula is C13H24N4O2. The van der Waals surface area contributed by atoms with Crippen LogP contribution in [0, 0.1) is 0 Å². The Morgan fingerprint density at radius 3 is 2.74 bits per heavy atom. The fraction of sp³-hybridized carbons (Fsp3) is 0.846.